The molecule has 0 bridgehead atoms. The predicted octanol–water partition coefficient (Wildman–Crippen LogP) is 4.70. The van der Waals surface area contributed by atoms with Crippen molar-refractivity contribution in [1.29, 1.82) is 0 Å². The number of amides is 1. The van der Waals surface area contributed by atoms with Crippen molar-refractivity contribution in [3.05, 3.63) is 65.3 Å². The summed E-state index contributed by atoms with van der Waals surface area (Å²) in [6.45, 7) is 0. The summed E-state index contributed by atoms with van der Waals surface area (Å²) in [4.78, 5) is 13.9. The van der Waals surface area contributed by atoms with Gasteiger partial charge in [-0.1, -0.05) is 24.3 Å². The highest BCUT2D eigenvalue weighted by Gasteiger charge is 2.19. The highest BCUT2D eigenvalue weighted by molar-refractivity contribution is 7.20. The van der Waals surface area contributed by atoms with E-state index >= 15 is 0 Å². The minimum absolute atomic E-state index is 0.158. The molecule has 0 unspecified atom stereocenters. The van der Waals surface area contributed by atoms with Crippen molar-refractivity contribution in [2.75, 3.05) is 12.4 Å². The van der Waals surface area contributed by atoms with E-state index in [2.05, 4.69) is 10.4 Å². The first-order valence-electron chi connectivity index (χ1n) is 8.23. The fourth-order valence-electron chi connectivity index (χ4n) is 2.88. The van der Waals surface area contributed by atoms with E-state index in [4.69, 9.17) is 4.74 Å². The van der Waals surface area contributed by atoms with Crippen LogP contribution in [0.15, 0.2) is 54.6 Å². The topological polar surface area (TPSA) is 56.2 Å². The molecular weight excluding hydrogens is 365 g/mol. The summed E-state index contributed by atoms with van der Waals surface area (Å²) in [6.07, 6.45) is 0. The molecule has 0 aliphatic carbocycles. The maximum atomic E-state index is 13.8. The summed E-state index contributed by atoms with van der Waals surface area (Å²) in [7, 11) is 3.45. The molecule has 0 saturated heterocycles. The zero-order chi connectivity index (χ0) is 19.0. The van der Waals surface area contributed by atoms with Crippen LogP contribution in [0, 0.1) is 5.82 Å². The van der Waals surface area contributed by atoms with E-state index in [1.54, 1.807) is 30.0 Å². The van der Waals surface area contributed by atoms with Gasteiger partial charge in [-0.3, -0.25) is 9.48 Å². The molecule has 4 rings (SSSR count). The highest BCUT2D eigenvalue weighted by atomic mass is 32.1. The normalized spacial score (nSPS) is 10.9. The van der Waals surface area contributed by atoms with Crippen molar-refractivity contribution in [3.8, 4) is 17.0 Å². The fourth-order valence-corrected chi connectivity index (χ4v) is 3.85. The van der Waals surface area contributed by atoms with Crippen molar-refractivity contribution in [2.24, 2.45) is 7.05 Å². The van der Waals surface area contributed by atoms with E-state index in [9.17, 15) is 9.18 Å². The SMILES string of the molecule is COc1cccc(-c2nn(C)c3sc(C(=O)Nc4ccccc4F)cc23)c1. The summed E-state index contributed by atoms with van der Waals surface area (Å²) in [6, 6.07) is 15.5. The molecule has 0 aliphatic rings. The Labute approximate surface area is 159 Å². The molecule has 2 aromatic heterocycles. The lowest BCUT2D eigenvalue weighted by Crippen LogP contribution is -2.11. The monoisotopic (exact) mass is 381 g/mol. The highest BCUT2D eigenvalue weighted by Crippen LogP contribution is 2.35. The van der Waals surface area contributed by atoms with E-state index in [0.717, 1.165) is 27.2 Å². The van der Waals surface area contributed by atoms with Gasteiger partial charge in [-0.05, 0) is 30.3 Å². The summed E-state index contributed by atoms with van der Waals surface area (Å²) in [5.41, 5.74) is 1.83. The first-order chi connectivity index (χ1) is 13.1. The molecule has 0 saturated carbocycles. The molecule has 5 nitrogen and oxygen atoms in total. The van der Waals surface area contributed by atoms with Gasteiger partial charge in [0.2, 0.25) is 0 Å². The van der Waals surface area contributed by atoms with Gasteiger partial charge < -0.3 is 10.1 Å². The maximum absolute atomic E-state index is 13.8. The molecule has 0 atom stereocenters. The third-order valence-corrected chi connectivity index (χ3v) is 5.40. The number of hydrogen-bond acceptors (Lipinski definition) is 4. The van der Waals surface area contributed by atoms with E-state index in [1.165, 1.54) is 23.5 Å². The molecule has 7 heteroatoms. The van der Waals surface area contributed by atoms with E-state index < -0.39 is 5.82 Å². The van der Waals surface area contributed by atoms with Crippen LogP contribution in [-0.4, -0.2) is 22.8 Å². The van der Waals surface area contributed by atoms with Crippen LogP contribution in [0.2, 0.25) is 0 Å². The molecule has 27 heavy (non-hydrogen) atoms. The molecule has 2 aromatic carbocycles. The minimum Gasteiger partial charge on any atom is -0.497 e. The van der Waals surface area contributed by atoms with Crippen LogP contribution >= 0.6 is 11.3 Å². The van der Waals surface area contributed by atoms with E-state index in [-0.39, 0.29) is 11.6 Å². The number of thiophene rings is 1. The van der Waals surface area contributed by atoms with Crippen molar-refractivity contribution in [2.45, 2.75) is 0 Å². The van der Waals surface area contributed by atoms with Crippen LogP contribution in [0.25, 0.3) is 21.5 Å². The number of carbonyl (C=O) groups is 1. The van der Waals surface area contributed by atoms with Crippen molar-refractivity contribution >= 4 is 33.1 Å². The standard InChI is InChI=1S/C20H16FN3O2S/c1-24-20-14(18(23-24)12-6-5-7-13(10-12)26-2)11-17(27-20)19(25)22-16-9-4-3-8-15(16)21/h3-11H,1-2H3,(H,22,25). The number of para-hydroxylation sites is 1. The number of aryl methyl sites for hydroxylation is 1. The number of anilines is 1. The lowest BCUT2D eigenvalue weighted by Gasteiger charge is -2.04. The molecule has 2 heterocycles. The predicted molar refractivity (Wildman–Crippen MR) is 105 cm³/mol. The number of fused-ring (bicyclic) bond motifs is 1. The molecular formula is C20H16FN3O2S. The zero-order valence-corrected chi connectivity index (χ0v) is 15.5. The van der Waals surface area contributed by atoms with Gasteiger partial charge >= 0.3 is 0 Å². The van der Waals surface area contributed by atoms with Crippen molar-refractivity contribution in [1.82, 2.24) is 9.78 Å². The largest absolute Gasteiger partial charge is 0.497 e. The number of aromatic nitrogens is 2. The average molecular weight is 381 g/mol. The molecule has 1 amide bonds. The van der Waals surface area contributed by atoms with E-state index in [0.29, 0.717) is 4.88 Å². The second kappa shape index (κ2) is 6.85. The summed E-state index contributed by atoms with van der Waals surface area (Å²) < 4.78 is 20.8. The number of hydrogen-bond donors (Lipinski definition) is 1. The Bertz CT molecular complexity index is 1150. The van der Waals surface area contributed by atoms with Crippen molar-refractivity contribution in [3.63, 3.8) is 0 Å². The average Bonchev–Trinajstić information content (AvgIpc) is 3.24. The quantitative estimate of drug-likeness (QED) is 0.557. The summed E-state index contributed by atoms with van der Waals surface area (Å²) in [5, 5.41) is 8.06. The Hall–Kier alpha value is -3.19. The lowest BCUT2D eigenvalue weighted by atomic mass is 10.1. The number of halogens is 1. The molecule has 0 spiro atoms. The Balaban J connectivity index is 1.72. The van der Waals surface area contributed by atoms with Gasteiger partial charge in [0.1, 0.15) is 22.1 Å². The number of nitrogens with zero attached hydrogens (tertiary/aromatic N) is 2. The van der Waals surface area contributed by atoms with Crippen molar-refractivity contribution < 1.29 is 13.9 Å². The zero-order valence-electron chi connectivity index (χ0n) is 14.7. The van der Waals surface area contributed by atoms with Gasteiger partial charge in [-0.25, -0.2) is 4.39 Å². The van der Waals surface area contributed by atoms with Crippen LogP contribution in [0.1, 0.15) is 9.67 Å². The van der Waals surface area contributed by atoms with Crippen LogP contribution in [0.4, 0.5) is 10.1 Å². The number of benzene rings is 2. The van der Waals surface area contributed by atoms with Crippen LogP contribution in [0.5, 0.6) is 5.75 Å². The lowest BCUT2D eigenvalue weighted by molar-refractivity contribution is 0.103. The second-order valence-corrected chi connectivity index (χ2v) is 7.00. The molecule has 1 N–H and O–H groups in total. The Kier molecular flexibility index (Phi) is 4.37. The number of nitrogens with one attached hydrogen (secondary N) is 1. The number of ether oxygens (including phenoxy) is 1. The number of carbonyl (C=O) groups excluding carboxylic acids is 1. The van der Waals surface area contributed by atoms with Gasteiger partial charge in [0, 0.05) is 18.0 Å². The molecule has 136 valence electrons. The van der Waals surface area contributed by atoms with Crippen LogP contribution in [-0.2, 0) is 7.05 Å². The fraction of sp³-hybridized carbons (Fsp3) is 0.100. The Morgan fingerprint density at radius 1 is 1.19 bits per heavy atom. The number of methoxy groups -OCH3 is 1. The molecule has 0 fully saturated rings. The smallest absolute Gasteiger partial charge is 0.265 e. The van der Waals surface area contributed by atoms with Gasteiger partial charge in [0.25, 0.3) is 5.91 Å². The maximum Gasteiger partial charge on any atom is 0.265 e. The molecule has 0 radical (unpaired) electrons. The Morgan fingerprint density at radius 2 is 2.00 bits per heavy atom. The van der Waals surface area contributed by atoms with Gasteiger partial charge in [0.15, 0.2) is 0 Å². The van der Waals surface area contributed by atoms with Gasteiger partial charge in [-0.15, -0.1) is 11.3 Å². The third kappa shape index (κ3) is 3.17. The first-order valence-corrected chi connectivity index (χ1v) is 9.05. The van der Waals surface area contributed by atoms with Crippen LogP contribution < -0.4 is 10.1 Å². The molecule has 0 aliphatic heterocycles. The van der Waals surface area contributed by atoms with Crippen LogP contribution in [0.3, 0.4) is 0 Å². The summed E-state index contributed by atoms with van der Waals surface area (Å²) >= 11 is 1.32. The molecule has 4 aromatic rings. The first kappa shape index (κ1) is 17.2. The minimum atomic E-state index is -0.467. The van der Waals surface area contributed by atoms with Gasteiger partial charge in [-0.2, -0.15) is 5.10 Å². The third-order valence-electron chi connectivity index (χ3n) is 4.20. The van der Waals surface area contributed by atoms with E-state index in [1.807, 2.05) is 31.3 Å². The Morgan fingerprint density at radius 3 is 2.78 bits per heavy atom. The van der Waals surface area contributed by atoms with Gasteiger partial charge in [0.05, 0.1) is 17.7 Å². The number of rotatable bonds is 4. The second-order valence-electron chi connectivity index (χ2n) is 5.97. The summed E-state index contributed by atoms with van der Waals surface area (Å²) in [5.74, 6) is -0.0809.